The average molecular weight is 536 g/mol. The molecule has 0 spiro atoms. The van der Waals surface area contributed by atoms with Crippen LogP contribution in [-0.4, -0.2) is 50.0 Å². The van der Waals surface area contributed by atoms with Crippen molar-refractivity contribution in [2.75, 3.05) is 17.1 Å². The van der Waals surface area contributed by atoms with Crippen LogP contribution in [0, 0.1) is 13.8 Å². The summed E-state index contributed by atoms with van der Waals surface area (Å²) in [6.45, 7) is 7.12. The number of amides is 2. The SMILES string of the molecule is Cc1cccc(C)c1N(CC(=O)N(Cc1ccccc1)C(Cc1ccccc1)C(=O)NC(C)C)S(C)(=O)=O. The maximum Gasteiger partial charge on any atom is 0.244 e. The second-order valence-electron chi connectivity index (χ2n) is 9.89. The van der Waals surface area contributed by atoms with Gasteiger partial charge in [-0.3, -0.25) is 13.9 Å². The summed E-state index contributed by atoms with van der Waals surface area (Å²) in [6, 6.07) is 23.4. The summed E-state index contributed by atoms with van der Waals surface area (Å²) in [6.07, 6.45) is 1.39. The Bertz CT molecular complexity index is 1320. The number of nitrogens with zero attached hydrogens (tertiary/aromatic N) is 2. The lowest BCUT2D eigenvalue weighted by Crippen LogP contribution is -2.54. The van der Waals surface area contributed by atoms with Crippen molar-refractivity contribution in [3.63, 3.8) is 0 Å². The lowest BCUT2D eigenvalue weighted by Gasteiger charge is -2.34. The fraction of sp³-hybridized carbons (Fsp3) is 0.333. The van der Waals surface area contributed by atoms with Gasteiger partial charge in [-0.15, -0.1) is 0 Å². The largest absolute Gasteiger partial charge is 0.352 e. The van der Waals surface area contributed by atoms with Gasteiger partial charge >= 0.3 is 0 Å². The Morgan fingerprint density at radius 2 is 1.34 bits per heavy atom. The molecule has 3 aromatic carbocycles. The highest BCUT2D eigenvalue weighted by molar-refractivity contribution is 7.92. The van der Waals surface area contributed by atoms with E-state index < -0.39 is 28.5 Å². The van der Waals surface area contributed by atoms with Crippen molar-refractivity contribution in [1.29, 1.82) is 0 Å². The highest BCUT2D eigenvalue weighted by Gasteiger charge is 2.33. The number of sulfonamides is 1. The topological polar surface area (TPSA) is 86.8 Å². The second-order valence-corrected chi connectivity index (χ2v) is 11.8. The Hall–Kier alpha value is -3.65. The van der Waals surface area contributed by atoms with Crippen LogP contribution in [0.5, 0.6) is 0 Å². The van der Waals surface area contributed by atoms with Crippen LogP contribution in [0.15, 0.2) is 78.9 Å². The van der Waals surface area contributed by atoms with Crippen molar-refractivity contribution in [2.24, 2.45) is 0 Å². The van der Waals surface area contributed by atoms with Gasteiger partial charge in [-0.2, -0.15) is 0 Å². The molecule has 1 unspecified atom stereocenters. The summed E-state index contributed by atoms with van der Waals surface area (Å²) in [7, 11) is -3.80. The highest BCUT2D eigenvalue weighted by atomic mass is 32.2. The van der Waals surface area contributed by atoms with E-state index in [1.165, 1.54) is 4.90 Å². The van der Waals surface area contributed by atoms with Crippen LogP contribution in [0.25, 0.3) is 0 Å². The molecule has 0 saturated heterocycles. The third kappa shape index (κ3) is 7.68. The Labute approximate surface area is 226 Å². The lowest BCUT2D eigenvalue weighted by molar-refractivity contribution is -0.140. The van der Waals surface area contributed by atoms with E-state index in [1.807, 2.05) is 107 Å². The number of para-hydroxylation sites is 1. The first-order valence-electron chi connectivity index (χ1n) is 12.7. The Kier molecular flexibility index (Phi) is 9.69. The Balaban J connectivity index is 2.07. The molecule has 3 rings (SSSR count). The molecule has 0 saturated carbocycles. The van der Waals surface area contributed by atoms with Crippen molar-refractivity contribution in [2.45, 2.75) is 52.7 Å². The summed E-state index contributed by atoms with van der Waals surface area (Å²) in [4.78, 5) is 29.1. The van der Waals surface area contributed by atoms with Crippen LogP contribution >= 0.6 is 0 Å². The van der Waals surface area contributed by atoms with Gasteiger partial charge in [-0.1, -0.05) is 78.9 Å². The van der Waals surface area contributed by atoms with Gasteiger partial charge < -0.3 is 10.2 Å². The highest BCUT2D eigenvalue weighted by Crippen LogP contribution is 2.27. The van der Waals surface area contributed by atoms with E-state index >= 15 is 0 Å². The lowest BCUT2D eigenvalue weighted by atomic mass is 10.0. The van der Waals surface area contributed by atoms with E-state index in [4.69, 9.17) is 0 Å². The number of nitrogens with one attached hydrogen (secondary N) is 1. The molecule has 8 heteroatoms. The fourth-order valence-corrected chi connectivity index (χ4v) is 5.45. The van der Waals surface area contributed by atoms with Crippen molar-refractivity contribution >= 4 is 27.5 Å². The van der Waals surface area contributed by atoms with E-state index in [9.17, 15) is 18.0 Å². The maximum absolute atomic E-state index is 14.1. The van der Waals surface area contributed by atoms with Crippen LogP contribution in [0.1, 0.15) is 36.1 Å². The molecule has 0 aliphatic rings. The Morgan fingerprint density at radius 1 is 0.816 bits per heavy atom. The number of hydrogen-bond donors (Lipinski definition) is 1. The van der Waals surface area contributed by atoms with Crippen LogP contribution in [-0.2, 0) is 32.6 Å². The van der Waals surface area contributed by atoms with Crippen molar-refractivity contribution in [3.05, 3.63) is 101 Å². The summed E-state index contributed by atoms with van der Waals surface area (Å²) in [5.74, 6) is -0.743. The first-order chi connectivity index (χ1) is 18.0. The van der Waals surface area contributed by atoms with E-state index in [1.54, 1.807) is 0 Å². The molecule has 0 bridgehead atoms. The smallest absolute Gasteiger partial charge is 0.244 e. The zero-order valence-corrected chi connectivity index (χ0v) is 23.5. The predicted octanol–water partition coefficient (Wildman–Crippen LogP) is 4.23. The van der Waals surface area contributed by atoms with Crippen molar-refractivity contribution in [1.82, 2.24) is 10.2 Å². The first-order valence-corrected chi connectivity index (χ1v) is 14.5. The normalized spacial score (nSPS) is 12.2. The first kappa shape index (κ1) is 28.9. The van der Waals surface area contributed by atoms with Crippen molar-refractivity contribution < 1.29 is 18.0 Å². The molecule has 2 amide bonds. The van der Waals surface area contributed by atoms with E-state index in [0.29, 0.717) is 12.1 Å². The molecule has 0 aliphatic carbocycles. The number of carbonyl (C=O) groups excluding carboxylic acids is 2. The van der Waals surface area contributed by atoms with E-state index in [-0.39, 0.29) is 18.5 Å². The minimum Gasteiger partial charge on any atom is -0.352 e. The quantitative estimate of drug-likeness (QED) is 0.398. The maximum atomic E-state index is 14.1. The summed E-state index contributed by atoms with van der Waals surface area (Å²) in [5.41, 5.74) is 3.72. The molecular weight excluding hydrogens is 498 g/mol. The second kappa shape index (κ2) is 12.7. The summed E-state index contributed by atoms with van der Waals surface area (Å²) >= 11 is 0. The minimum absolute atomic E-state index is 0.128. The van der Waals surface area contributed by atoms with Gasteiger partial charge in [0.1, 0.15) is 12.6 Å². The van der Waals surface area contributed by atoms with Crippen LogP contribution < -0.4 is 9.62 Å². The Morgan fingerprint density at radius 3 is 1.84 bits per heavy atom. The summed E-state index contributed by atoms with van der Waals surface area (Å²) < 4.78 is 27.1. The van der Waals surface area contributed by atoms with Crippen molar-refractivity contribution in [3.8, 4) is 0 Å². The van der Waals surface area contributed by atoms with Gasteiger partial charge in [0.25, 0.3) is 0 Å². The average Bonchev–Trinajstić information content (AvgIpc) is 2.85. The van der Waals surface area contributed by atoms with E-state index in [0.717, 1.165) is 32.8 Å². The van der Waals surface area contributed by atoms with Crippen LogP contribution in [0.3, 0.4) is 0 Å². The molecule has 0 aromatic heterocycles. The van der Waals surface area contributed by atoms with Gasteiger partial charge in [-0.25, -0.2) is 8.42 Å². The number of rotatable bonds is 11. The van der Waals surface area contributed by atoms with Crippen LogP contribution in [0.2, 0.25) is 0 Å². The van der Waals surface area contributed by atoms with Gasteiger partial charge in [-0.05, 0) is 49.9 Å². The molecular formula is C30H37N3O4S. The number of hydrogen-bond acceptors (Lipinski definition) is 4. The molecule has 1 N–H and O–H groups in total. The number of carbonyl (C=O) groups is 2. The van der Waals surface area contributed by atoms with E-state index in [2.05, 4.69) is 5.32 Å². The molecule has 0 radical (unpaired) electrons. The van der Waals surface area contributed by atoms with Gasteiger partial charge in [0.15, 0.2) is 0 Å². The number of anilines is 1. The third-order valence-corrected chi connectivity index (χ3v) is 7.38. The molecule has 3 aromatic rings. The van der Waals surface area contributed by atoms with Gasteiger partial charge in [0.05, 0.1) is 11.9 Å². The summed E-state index contributed by atoms with van der Waals surface area (Å²) in [5, 5.41) is 2.95. The van der Waals surface area contributed by atoms with Crippen LogP contribution in [0.4, 0.5) is 5.69 Å². The molecule has 0 aliphatic heterocycles. The molecule has 38 heavy (non-hydrogen) atoms. The standard InChI is InChI=1S/C30H37N3O4S/c1-22(2)31-30(35)27(19-25-15-8-6-9-16-25)32(20-26-17-10-7-11-18-26)28(34)21-33(38(5,36)37)29-23(3)13-12-14-24(29)4/h6-18,22,27H,19-21H2,1-5H3,(H,31,35). The molecule has 7 nitrogen and oxygen atoms in total. The van der Waals surface area contributed by atoms with Gasteiger partial charge in [0.2, 0.25) is 21.8 Å². The molecule has 0 heterocycles. The number of aryl methyl sites for hydroxylation is 2. The minimum atomic E-state index is -3.80. The van der Waals surface area contributed by atoms with Gasteiger partial charge in [0, 0.05) is 19.0 Å². The zero-order valence-electron chi connectivity index (χ0n) is 22.7. The fourth-order valence-electron chi connectivity index (χ4n) is 4.49. The third-order valence-electron chi connectivity index (χ3n) is 6.27. The zero-order chi connectivity index (χ0) is 27.9. The monoisotopic (exact) mass is 535 g/mol. The number of benzene rings is 3. The predicted molar refractivity (Wildman–Crippen MR) is 152 cm³/mol. The molecule has 1 atom stereocenters. The molecule has 202 valence electrons. The molecule has 0 fully saturated rings.